The lowest BCUT2D eigenvalue weighted by molar-refractivity contribution is 0.243. The third-order valence-corrected chi connectivity index (χ3v) is 6.58. The Labute approximate surface area is 184 Å². The van der Waals surface area contributed by atoms with E-state index in [4.69, 9.17) is 13.7 Å². The minimum absolute atomic E-state index is 0.773. The highest BCUT2D eigenvalue weighted by molar-refractivity contribution is 7.94. The van der Waals surface area contributed by atoms with Crippen LogP contribution < -0.4 is 14.4 Å². The molecule has 4 rings (SSSR count). The van der Waals surface area contributed by atoms with Crippen LogP contribution in [0.2, 0.25) is 0 Å². The Morgan fingerprint density at radius 1 is 1.00 bits per heavy atom. The quantitative estimate of drug-likeness (QED) is 0.427. The first-order valence-corrected chi connectivity index (χ1v) is 11.7. The Morgan fingerprint density at radius 2 is 1.87 bits per heavy atom. The molecule has 6 heteroatoms. The molecule has 2 heterocycles. The maximum absolute atomic E-state index is 5.87. The average molecular weight is 429 g/mol. The van der Waals surface area contributed by atoms with E-state index in [1.165, 1.54) is 29.7 Å². The van der Waals surface area contributed by atoms with Crippen LogP contribution in [-0.2, 0) is 10.6 Å². The molecule has 0 bridgehead atoms. The first-order valence-electron chi connectivity index (χ1n) is 11.0. The van der Waals surface area contributed by atoms with Gasteiger partial charge in [-0.2, -0.15) is 0 Å². The molecule has 0 amide bonds. The first kappa shape index (κ1) is 21.3. The van der Waals surface area contributed by atoms with E-state index >= 15 is 0 Å². The van der Waals surface area contributed by atoms with Gasteiger partial charge in [-0.15, -0.1) is 0 Å². The number of ether oxygens (including phenoxy) is 2. The zero-order valence-electron chi connectivity index (χ0n) is 17.8. The van der Waals surface area contributed by atoms with Crippen molar-refractivity contribution in [1.29, 1.82) is 0 Å². The number of fused-ring (bicyclic) bond motifs is 1. The molecule has 0 saturated carbocycles. The van der Waals surface area contributed by atoms with Crippen molar-refractivity contribution >= 4 is 17.7 Å². The Morgan fingerprint density at radius 3 is 2.73 bits per heavy atom. The van der Waals surface area contributed by atoms with Crippen LogP contribution in [0.5, 0.6) is 11.5 Å². The third kappa shape index (κ3) is 5.42. The highest BCUT2D eigenvalue weighted by Crippen LogP contribution is 2.36. The van der Waals surface area contributed by atoms with Gasteiger partial charge in [0.25, 0.3) is 0 Å². The van der Waals surface area contributed by atoms with Crippen molar-refractivity contribution < 1.29 is 13.7 Å². The molecule has 2 aliphatic rings. The normalized spacial score (nSPS) is 16.8. The van der Waals surface area contributed by atoms with Crippen LogP contribution in [0, 0.1) is 0 Å². The number of unbranched alkanes of at least 4 members (excludes halogenated alkanes) is 1. The molecule has 0 aromatic heterocycles. The van der Waals surface area contributed by atoms with Crippen molar-refractivity contribution in [3.63, 3.8) is 0 Å². The van der Waals surface area contributed by atoms with Crippen LogP contribution in [0.15, 0.2) is 47.4 Å². The Hall–Kier alpha value is -1.89. The number of rotatable bonds is 9. The van der Waals surface area contributed by atoms with Crippen molar-refractivity contribution in [3.05, 3.63) is 48.0 Å². The zero-order valence-corrected chi connectivity index (χ0v) is 18.7. The lowest BCUT2D eigenvalue weighted by atomic mass is 10.1. The average Bonchev–Trinajstić information content (AvgIpc) is 2.82. The monoisotopic (exact) mass is 428 g/mol. The van der Waals surface area contributed by atoms with Gasteiger partial charge < -0.3 is 18.6 Å². The van der Waals surface area contributed by atoms with Crippen LogP contribution in [0.1, 0.15) is 24.8 Å². The maximum Gasteiger partial charge on any atom is 0.142 e. The van der Waals surface area contributed by atoms with E-state index in [0.717, 1.165) is 81.6 Å². The summed E-state index contributed by atoms with van der Waals surface area (Å²) in [7, 11) is 1.75. The molecular weight excluding hydrogens is 396 g/mol. The lowest BCUT2D eigenvalue weighted by Gasteiger charge is -2.36. The fourth-order valence-electron chi connectivity index (χ4n) is 4.13. The van der Waals surface area contributed by atoms with Crippen LogP contribution >= 0.6 is 12.0 Å². The molecule has 0 N–H and O–H groups in total. The SMILES string of the molecule is COc1ccccc1N1CCN(CCCCOSc2cccc3c2OCCC3)CC1. The van der Waals surface area contributed by atoms with Crippen LogP contribution in [0.4, 0.5) is 5.69 Å². The number of nitrogens with zero attached hydrogens (tertiary/aromatic N) is 2. The van der Waals surface area contributed by atoms with Crippen molar-refractivity contribution in [1.82, 2.24) is 4.90 Å². The summed E-state index contributed by atoms with van der Waals surface area (Å²) >= 11 is 1.47. The number of methoxy groups -OCH3 is 1. The molecule has 2 aromatic rings. The fraction of sp³-hybridized carbons (Fsp3) is 0.500. The molecular formula is C24H32N2O3S. The maximum atomic E-state index is 5.87. The highest BCUT2D eigenvalue weighted by Gasteiger charge is 2.19. The van der Waals surface area contributed by atoms with Crippen molar-refractivity contribution in [2.45, 2.75) is 30.6 Å². The van der Waals surface area contributed by atoms with E-state index < -0.39 is 0 Å². The summed E-state index contributed by atoms with van der Waals surface area (Å²) in [5.74, 6) is 1.99. The van der Waals surface area contributed by atoms with Crippen LogP contribution in [0.3, 0.4) is 0 Å². The van der Waals surface area contributed by atoms with Crippen molar-refractivity contribution in [3.8, 4) is 11.5 Å². The van der Waals surface area contributed by atoms with Gasteiger partial charge in [0.15, 0.2) is 0 Å². The van der Waals surface area contributed by atoms with Gasteiger partial charge in [0.2, 0.25) is 0 Å². The lowest BCUT2D eigenvalue weighted by Crippen LogP contribution is -2.46. The standard InChI is InChI=1S/C24H32N2O3S/c1-27-22-11-3-2-10-21(22)26-16-14-25(15-17-26)13-4-5-19-29-30-23-12-6-8-20-9-7-18-28-24(20)23/h2-3,6,8,10-12H,4-5,7,9,13-19H2,1H3. The molecule has 1 saturated heterocycles. The second-order valence-electron chi connectivity index (χ2n) is 7.81. The third-order valence-electron chi connectivity index (χ3n) is 5.80. The van der Waals surface area contributed by atoms with Gasteiger partial charge in [0.1, 0.15) is 11.5 Å². The number of hydrogen-bond acceptors (Lipinski definition) is 6. The zero-order chi connectivity index (χ0) is 20.6. The molecule has 0 spiro atoms. The molecule has 0 unspecified atom stereocenters. The molecule has 0 radical (unpaired) electrons. The number of benzene rings is 2. The topological polar surface area (TPSA) is 34.2 Å². The highest BCUT2D eigenvalue weighted by atomic mass is 32.2. The van der Waals surface area contributed by atoms with Crippen molar-refractivity contribution in [2.24, 2.45) is 0 Å². The summed E-state index contributed by atoms with van der Waals surface area (Å²) in [5.41, 5.74) is 2.51. The summed E-state index contributed by atoms with van der Waals surface area (Å²) in [6.07, 6.45) is 4.46. The second kappa shape index (κ2) is 10.9. The molecule has 2 aromatic carbocycles. The minimum atomic E-state index is 0.773. The van der Waals surface area contributed by atoms with E-state index in [1.807, 2.05) is 12.1 Å². The molecule has 30 heavy (non-hydrogen) atoms. The predicted octanol–water partition coefficient (Wildman–Crippen LogP) is 4.65. The summed E-state index contributed by atoms with van der Waals surface area (Å²) < 4.78 is 17.2. The van der Waals surface area contributed by atoms with Gasteiger partial charge in [0.05, 0.1) is 30.9 Å². The predicted molar refractivity (Wildman–Crippen MR) is 123 cm³/mol. The molecule has 0 atom stereocenters. The number of piperazine rings is 1. The van der Waals surface area contributed by atoms with Gasteiger partial charge in [-0.1, -0.05) is 24.3 Å². The first-order chi connectivity index (χ1) is 14.8. The van der Waals surface area contributed by atoms with E-state index in [-0.39, 0.29) is 0 Å². The summed E-state index contributed by atoms with van der Waals surface area (Å²) in [5, 5.41) is 0. The van der Waals surface area contributed by atoms with Crippen molar-refractivity contribution in [2.75, 3.05) is 57.9 Å². The Balaban J connectivity index is 1.12. The van der Waals surface area contributed by atoms with Gasteiger partial charge >= 0.3 is 0 Å². The summed E-state index contributed by atoms with van der Waals surface area (Å²) in [4.78, 5) is 6.10. The fourth-order valence-corrected chi connectivity index (χ4v) is 4.86. The Bertz CT molecular complexity index is 809. The number of anilines is 1. The summed E-state index contributed by atoms with van der Waals surface area (Å²) in [6.45, 7) is 7.02. The van der Waals surface area contributed by atoms with E-state index in [9.17, 15) is 0 Å². The largest absolute Gasteiger partial charge is 0.495 e. The Kier molecular flexibility index (Phi) is 7.78. The molecule has 2 aliphatic heterocycles. The van der Waals surface area contributed by atoms with E-state index in [1.54, 1.807) is 7.11 Å². The molecule has 1 fully saturated rings. The summed E-state index contributed by atoms with van der Waals surface area (Å²) in [6, 6.07) is 14.7. The molecule has 0 aliphatic carbocycles. The van der Waals surface area contributed by atoms with Crippen LogP contribution in [0.25, 0.3) is 0 Å². The number of hydrogen-bond donors (Lipinski definition) is 0. The van der Waals surface area contributed by atoms with E-state index in [2.05, 4.69) is 40.1 Å². The number of para-hydroxylation sites is 3. The number of aryl methyl sites for hydroxylation is 1. The van der Waals surface area contributed by atoms with Crippen LogP contribution in [-0.4, -0.2) is 57.9 Å². The smallest absolute Gasteiger partial charge is 0.142 e. The second-order valence-corrected chi connectivity index (χ2v) is 8.65. The van der Waals surface area contributed by atoms with E-state index in [0.29, 0.717) is 0 Å². The molecule has 162 valence electrons. The minimum Gasteiger partial charge on any atom is -0.495 e. The van der Waals surface area contributed by atoms with Gasteiger partial charge in [-0.05, 0) is 56.0 Å². The van der Waals surface area contributed by atoms with Gasteiger partial charge in [-0.3, -0.25) is 4.90 Å². The van der Waals surface area contributed by atoms with Gasteiger partial charge in [0, 0.05) is 38.2 Å². The molecule has 5 nitrogen and oxygen atoms in total. The van der Waals surface area contributed by atoms with Gasteiger partial charge in [-0.25, -0.2) is 0 Å².